The molecule has 2 unspecified atom stereocenters. The summed E-state index contributed by atoms with van der Waals surface area (Å²) in [5.41, 5.74) is 0. The van der Waals surface area contributed by atoms with E-state index in [4.69, 9.17) is 18.5 Å². The molecule has 0 aliphatic heterocycles. The second-order valence-corrected chi connectivity index (χ2v) is 26.2. The number of hydrogen-bond acceptors (Lipinski definition) is 8. The van der Waals surface area contributed by atoms with Gasteiger partial charge in [-0.05, 0) is 148 Å². The molecule has 0 fully saturated rings. The molecular formula is C84H134NO8P. The SMILES string of the molecule is CC/C=C\C/C=C\C/C=C\C/C=C\C/C=C\C/C=C\C/C=C\C/C=C\C/C=C\C/C=C\C/C=C\C/C=C\CCCCC(=O)OC(COC(=O)CCCCCCCCCCCCCCCCC/C=C\C/C=C\C/C=C\C/C=C\C/C=C\CC)COP(=O)([O-])OCC[N+](C)(C)C. The van der Waals surface area contributed by atoms with Crippen LogP contribution in [-0.4, -0.2) is 70.0 Å². The first-order valence-corrected chi connectivity index (χ1v) is 38.3. The number of phosphoric ester groups is 1. The summed E-state index contributed by atoms with van der Waals surface area (Å²) in [6, 6.07) is 0. The van der Waals surface area contributed by atoms with Crippen molar-refractivity contribution in [3.05, 3.63) is 207 Å². The number of quaternary nitrogens is 1. The summed E-state index contributed by atoms with van der Waals surface area (Å²) in [4.78, 5) is 38.1. The van der Waals surface area contributed by atoms with E-state index in [1.807, 2.05) is 21.1 Å². The van der Waals surface area contributed by atoms with Gasteiger partial charge in [-0.3, -0.25) is 14.2 Å². The maximum atomic E-state index is 12.9. The van der Waals surface area contributed by atoms with Crippen molar-refractivity contribution in [2.45, 2.75) is 264 Å². The Balaban J connectivity index is 4.19. The molecule has 528 valence electrons. The van der Waals surface area contributed by atoms with Crippen molar-refractivity contribution in [2.75, 3.05) is 47.5 Å². The molecular weight excluding hydrogens is 1180 g/mol. The van der Waals surface area contributed by atoms with E-state index in [-0.39, 0.29) is 26.1 Å². The number of hydrogen-bond donors (Lipinski definition) is 0. The molecule has 0 rings (SSSR count). The Morgan fingerprint density at radius 1 is 0.330 bits per heavy atom. The Bertz CT molecular complexity index is 2340. The molecule has 10 heteroatoms. The quantitative estimate of drug-likeness (QED) is 0.0195. The van der Waals surface area contributed by atoms with Gasteiger partial charge in [0.15, 0.2) is 6.10 Å². The average Bonchev–Trinajstić information content (AvgIpc) is 1.56. The van der Waals surface area contributed by atoms with Gasteiger partial charge in [-0.1, -0.05) is 304 Å². The van der Waals surface area contributed by atoms with E-state index in [9.17, 15) is 19.0 Å². The Morgan fingerprint density at radius 3 is 0.872 bits per heavy atom. The van der Waals surface area contributed by atoms with Crippen LogP contribution in [0.15, 0.2) is 207 Å². The van der Waals surface area contributed by atoms with Gasteiger partial charge in [0.05, 0.1) is 27.7 Å². The zero-order valence-electron chi connectivity index (χ0n) is 60.1. The van der Waals surface area contributed by atoms with Gasteiger partial charge in [0.25, 0.3) is 7.82 Å². The first-order chi connectivity index (χ1) is 46.0. The topological polar surface area (TPSA) is 111 Å². The number of ether oxygens (including phenoxy) is 2. The fourth-order valence-electron chi connectivity index (χ4n) is 9.25. The molecule has 0 bridgehead atoms. The number of nitrogens with zero attached hydrogens (tertiary/aromatic N) is 1. The number of phosphoric acid groups is 1. The largest absolute Gasteiger partial charge is 0.756 e. The van der Waals surface area contributed by atoms with Crippen molar-refractivity contribution < 1.29 is 42.1 Å². The third-order valence-corrected chi connectivity index (χ3v) is 15.8. The summed E-state index contributed by atoms with van der Waals surface area (Å²) in [5, 5.41) is 0. The monoisotopic (exact) mass is 1320 g/mol. The number of carbonyl (C=O) groups excluding carboxylic acids is 2. The van der Waals surface area contributed by atoms with Crippen molar-refractivity contribution >= 4 is 19.8 Å². The Morgan fingerprint density at radius 2 is 0.574 bits per heavy atom. The molecule has 0 heterocycles. The second kappa shape index (κ2) is 71.9. The lowest BCUT2D eigenvalue weighted by Crippen LogP contribution is -2.37. The van der Waals surface area contributed by atoms with Crippen LogP contribution >= 0.6 is 7.82 Å². The maximum absolute atomic E-state index is 12.9. The minimum atomic E-state index is -4.67. The zero-order valence-corrected chi connectivity index (χ0v) is 61.0. The summed E-state index contributed by atoms with van der Waals surface area (Å²) in [5.74, 6) is -0.896. The molecule has 0 aliphatic carbocycles. The Labute approximate surface area is 576 Å². The molecule has 94 heavy (non-hydrogen) atoms. The van der Waals surface area contributed by atoms with Gasteiger partial charge < -0.3 is 27.9 Å². The van der Waals surface area contributed by atoms with Gasteiger partial charge in [0.1, 0.15) is 19.8 Å². The molecule has 0 amide bonds. The van der Waals surface area contributed by atoms with Crippen molar-refractivity contribution in [1.82, 2.24) is 0 Å². The van der Waals surface area contributed by atoms with Crippen molar-refractivity contribution in [1.29, 1.82) is 0 Å². The van der Waals surface area contributed by atoms with Crippen LogP contribution in [0, 0.1) is 0 Å². The Hall–Kier alpha value is -5.41. The summed E-state index contributed by atoms with van der Waals surface area (Å²) in [7, 11) is 1.11. The molecule has 0 aliphatic rings. The van der Waals surface area contributed by atoms with E-state index in [1.54, 1.807) is 0 Å². The van der Waals surface area contributed by atoms with Gasteiger partial charge >= 0.3 is 11.9 Å². The van der Waals surface area contributed by atoms with Crippen molar-refractivity contribution in [3.8, 4) is 0 Å². The first kappa shape index (κ1) is 88.6. The number of likely N-dealkylation sites (N-methyl/N-ethyl adjacent to an activating group) is 1. The number of carbonyl (C=O) groups is 2. The highest BCUT2D eigenvalue weighted by atomic mass is 31.2. The fraction of sp³-hybridized carbons (Fsp3) is 0.571. The van der Waals surface area contributed by atoms with E-state index >= 15 is 0 Å². The van der Waals surface area contributed by atoms with E-state index in [2.05, 4.69) is 220 Å². The third kappa shape index (κ3) is 75.6. The zero-order chi connectivity index (χ0) is 68.3. The van der Waals surface area contributed by atoms with Gasteiger partial charge in [0.2, 0.25) is 0 Å². The number of allylic oxidation sites excluding steroid dienone is 34. The molecule has 0 saturated heterocycles. The van der Waals surface area contributed by atoms with Crippen LogP contribution in [0.5, 0.6) is 0 Å². The standard InChI is InChI=1S/C84H134NO8P/c1-6-8-10-12-14-16-18-20-22-24-26-28-30-32-34-36-38-39-40-41-42-43-44-45-47-49-51-53-55-57-59-61-63-65-67-69-71-73-75-77-84(87)93-82(81-92-94(88,89)91-79-78-85(3,4)5)80-90-83(86)76-74-72-70-68-66-64-62-60-58-56-54-52-50-48-46-37-35-33-31-29-27-25-23-21-19-17-15-13-11-9-7-2/h8-11,14-17,20-23,26-29,32-35,38-39,41-42,44-45,49,51,55,57,61,63,67,69,82H,6-7,12-13,18-19,24-25,30-31,36-37,40,43,46-48,50,52-54,56,58-60,62,64-66,68,70-81H2,1-5H3/b10-8-,11-9-,16-14-,17-15-,22-20-,23-21-,28-26-,29-27-,34-32-,35-33-,39-38-,42-41-,45-44-,51-49-,57-55-,63-61-,69-67-. The predicted octanol–water partition coefficient (Wildman–Crippen LogP) is 24.0. The lowest BCUT2D eigenvalue weighted by atomic mass is 10.0. The summed E-state index contributed by atoms with van der Waals surface area (Å²) < 4.78 is 34.3. The van der Waals surface area contributed by atoms with E-state index in [0.29, 0.717) is 23.9 Å². The van der Waals surface area contributed by atoms with Crippen molar-refractivity contribution in [2.24, 2.45) is 0 Å². The normalized spacial score (nSPS) is 14.3. The molecule has 0 N–H and O–H groups in total. The lowest BCUT2D eigenvalue weighted by Gasteiger charge is -2.28. The fourth-order valence-corrected chi connectivity index (χ4v) is 9.98. The van der Waals surface area contributed by atoms with Crippen LogP contribution in [0.3, 0.4) is 0 Å². The summed E-state index contributed by atoms with van der Waals surface area (Å²) >= 11 is 0. The van der Waals surface area contributed by atoms with Crippen LogP contribution < -0.4 is 4.89 Å². The van der Waals surface area contributed by atoms with Crippen LogP contribution in [0.2, 0.25) is 0 Å². The van der Waals surface area contributed by atoms with E-state index in [1.165, 1.54) is 77.0 Å². The number of rotatable bonds is 65. The first-order valence-electron chi connectivity index (χ1n) is 36.8. The van der Waals surface area contributed by atoms with Crippen LogP contribution in [-0.2, 0) is 32.7 Å². The molecule has 2 atom stereocenters. The van der Waals surface area contributed by atoms with Gasteiger partial charge in [-0.15, -0.1) is 0 Å². The van der Waals surface area contributed by atoms with E-state index in [0.717, 1.165) is 141 Å². The minimum Gasteiger partial charge on any atom is -0.756 e. The molecule has 0 aromatic carbocycles. The van der Waals surface area contributed by atoms with Gasteiger partial charge in [-0.25, -0.2) is 0 Å². The van der Waals surface area contributed by atoms with E-state index < -0.39 is 32.5 Å². The molecule has 0 saturated carbocycles. The summed E-state index contributed by atoms with van der Waals surface area (Å²) in [6.07, 6.45) is 113. The van der Waals surface area contributed by atoms with Crippen LogP contribution in [0.25, 0.3) is 0 Å². The minimum absolute atomic E-state index is 0.0500. The molecule has 9 nitrogen and oxygen atoms in total. The molecule has 0 aromatic rings. The summed E-state index contributed by atoms with van der Waals surface area (Å²) in [6.45, 7) is 3.95. The maximum Gasteiger partial charge on any atom is 0.306 e. The predicted molar refractivity (Wildman–Crippen MR) is 405 cm³/mol. The third-order valence-electron chi connectivity index (χ3n) is 14.8. The highest BCUT2D eigenvalue weighted by molar-refractivity contribution is 7.45. The molecule has 0 radical (unpaired) electrons. The van der Waals surface area contributed by atoms with Crippen molar-refractivity contribution in [3.63, 3.8) is 0 Å². The second-order valence-electron chi connectivity index (χ2n) is 24.8. The smallest absolute Gasteiger partial charge is 0.306 e. The lowest BCUT2D eigenvalue weighted by molar-refractivity contribution is -0.870. The van der Waals surface area contributed by atoms with Crippen LogP contribution in [0.4, 0.5) is 0 Å². The van der Waals surface area contributed by atoms with Gasteiger partial charge in [0, 0.05) is 12.8 Å². The highest BCUT2D eigenvalue weighted by Crippen LogP contribution is 2.38. The van der Waals surface area contributed by atoms with Gasteiger partial charge in [-0.2, -0.15) is 0 Å². The average molecular weight is 1320 g/mol. The number of unbranched alkanes of at least 4 members (excludes halogenated alkanes) is 17. The molecule has 0 spiro atoms. The van der Waals surface area contributed by atoms with Crippen LogP contribution in [0.1, 0.15) is 258 Å². The molecule has 0 aromatic heterocycles. The Kier molecular flexibility index (Phi) is 67.7. The number of esters is 2. The highest BCUT2D eigenvalue weighted by Gasteiger charge is 2.22.